The van der Waals surface area contributed by atoms with Crippen LogP contribution in [0.15, 0.2) is 90.4 Å². The summed E-state index contributed by atoms with van der Waals surface area (Å²) in [5.41, 5.74) is 3.20. The molecule has 8 nitrogen and oxygen atoms in total. The molecule has 0 fully saturated rings. The third-order valence-electron chi connectivity index (χ3n) is 5.92. The zero-order valence-electron chi connectivity index (χ0n) is 19.7. The van der Waals surface area contributed by atoms with Crippen molar-refractivity contribution < 1.29 is 18.7 Å². The van der Waals surface area contributed by atoms with E-state index in [9.17, 15) is 9.18 Å². The lowest BCUT2D eigenvalue weighted by atomic mass is 9.94. The first kappa shape index (κ1) is 23.1. The van der Waals surface area contributed by atoms with E-state index in [1.54, 1.807) is 36.1 Å². The molecule has 1 atom stereocenters. The van der Waals surface area contributed by atoms with Crippen LogP contribution >= 0.6 is 0 Å². The Morgan fingerprint density at radius 1 is 1.06 bits per heavy atom. The lowest BCUT2D eigenvalue weighted by Gasteiger charge is -2.30. The van der Waals surface area contributed by atoms with E-state index in [1.807, 2.05) is 43.3 Å². The Morgan fingerprint density at radius 3 is 2.56 bits per heavy atom. The van der Waals surface area contributed by atoms with Crippen molar-refractivity contribution in [2.45, 2.75) is 19.6 Å². The molecule has 36 heavy (non-hydrogen) atoms. The van der Waals surface area contributed by atoms with E-state index >= 15 is 0 Å². The van der Waals surface area contributed by atoms with Crippen LogP contribution in [0, 0.1) is 5.82 Å². The van der Waals surface area contributed by atoms with Gasteiger partial charge in [-0.15, -0.1) is 0 Å². The second-order valence-electron chi connectivity index (χ2n) is 8.20. The molecule has 1 amide bonds. The molecule has 9 heteroatoms. The minimum Gasteiger partial charge on any atom is -0.495 e. The highest BCUT2D eigenvalue weighted by molar-refractivity contribution is 6.06. The number of carbonyl (C=O) groups excluding carboxylic acids is 1. The number of hydrogen-bond acceptors (Lipinski definition) is 6. The number of carbonyl (C=O) groups is 1. The van der Waals surface area contributed by atoms with Crippen molar-refractivity contribution in [1.82, 2.24) is 14.8 Å². The zero-order valence-corrected chi connectivity index (χ0v) is 19.7. The Bertz CT molecular complexity index is 1430. The SMILES string of the molecule is COc1ccccc1NC(=O)C1=C(C)Nc2ncnn2[C@@H]1c1ccccc1OCc1ccc(F)cc1. The average molecular weight is 486 g/mol. The number of ether oxygens (including phenoxy) is 2. The Labute approximate surface area is 207 Å². The lowest BCUT2D eigenvalue weighted by molar-refractivity contribution is -0.113. The summed E-state index contributed by atoms with van der Waals surface area (Å²) in [7, 11) is 1.55. The summed E-state index contributed by atoms with van der Waals surface area (Å²) in [5.74, 6) is 1.02. The molecule has 1 aromatic heterocycles. The number of halogens is 1. The van der Waals surface area contributed by atoms with Crippen LogP contribution in [-0.4, -0.2) is 27.8 Å². The molecule has 4 aromatic rings. The van der Waals surface area contributed by atoms with Crippen LogP contribution in [0.5, 0.6) is 11.5 Å². The Kier molecular flexibility index (Phi) is 6.36. The first-order valence-electron chi connectivity index (χ1n) is 11.3. The Balaban J connectivity index is 1.52. The van der Waals surface area contributed by atoms with E-state index in [0.29, 0.717) is 34.4 Å². The average Bonchev–Trinajstić information content (AvgIpc) is 3.36. The molecule has 0 radical (unpaired) electrons. The number of amides is 1. The van der Waals surface area contributed by atoms with Crippen molar-refractivity contribution in [1.29, 1.82) is 0 Å². The van der Waals surface area contributed by atoms with Gasteiger partial charge in [-0.2, -0.15) is 10.1 Å². The van der Waals surface area contributed by atoms with E-state index in [0.717, 1.165) is 11.1 Å². The van der Waals surface area contributed by atoms with Crippen LogP contribution in [0.3, 0.4) is 0 Å². The maximum atomic E-state index is 13.7. The molecule has 1 aliphatic heterocycles. The number of anilines is 2. The maximum absolute atomic E-state index is 13.7. The smallest absolute Gasteiger partial charge is 0.255 e. The minimum atomic E-state index is -0.608. The summed E-state index contributed by atoms with van der Waals surface area (Å²) in [6.07, 6.45) is 1.44. The fraction of sp³-hybridized carbons (Fsp3) is 0.148. The topological polar surface area (TPSA) is 90.3 Å². The molecule has 2 N–H and O–H groups in total. The van der Waals surface area contributed by atoms with Gasteiger partial charge in [0.1, 0.15) is 36.3 Å². The van der Waals surface area contributed by atoms with Gasteiger partial charge >= 0.3 is 0 Å². The number of nitrogens with one attached hydrogen (secondary N) is 2. The van der Waals surface area contributed by atoms with E-state index in [2.05, 4.69) is 20.7 Å². The highest BCUT2D eigenvalue weighted by Gasteiger charge is 2.35. The van der Waals surface area contributed by atoms with Crippen LogP contribution < -0.4 is 20.1 Å². The van der Waals surface area contributed by atoms with Crippen LogP contribution in [0.1, 0.15) is 24.1 Å². The molecule has 5 rings (SSSR count). The highest BCUT2D eigenvalue weighted by atomic mass is 19.1. The lowest BCUT2D eigenvalue weighted by Crippen LogP contribution is -2.31. The summed E-state index contributed by atoms with van der Waals surface area (Å²) < 4.78 is 26.5. The molecule has 0 unspecified atom stereocenters. The molecule has 0 bridgehead atoms. The fourth-order valence-electron chi connectivity index (χ4n) is 4.19. The molecule has 0 saturated carbocycles. The molecule has 0 saturated heterocycles. The van der Waals surface area contributed by atoms with Gasteiger partial charge in [0.15, 0.2) is 0 Å². The van der Waals surface area contributed by atoms with Crippen molar-refractivity contribution in [3.05, 3.63) is 107 Å². The number of rotatable bonds is 7. The molecular weight excluding hydrogens is 461 g/mol. The van der Waals surface area contributed by atoms with Gasteiger partial charge < -0.3 is 20.1 Å². The monoisotopic (exact) mass is 485 g/mol. The van der Waals surface area contributed by atoms with Gasteiger partial charge in [-0.25, -0.2) is 9.07 Å². The van der Waals surface area contributed by atoms with Gasteiger partial charge in [0.25, 0.3) is 5.91 Å². The summed E-state index contributed by atoms with van der Waals surface area (Å²) >= 11 is 0. The third kappa shape index (κ3) is 4.50. The third-order valence-corrected chi connectivity index (χ3v) is 5.92. The Morgan fingerprint density at radius 2 is 1.78 bits per heavy atom. The van der Waals surface area contributed by atoms with Crippen LogP contribution in [-0.2, 0) is 11.4 Å². The quantitative estimate of drug-likeness (QED) is 0.386. The van der Waals surface area contributed by atoms with E-state index in [1.165, 1.54) is 18.5 Å². The molecule has 1 aliphatic rings. The number of nitrogens with zero attached hydrogens (tertiary/aromatic N) is 3. The second kappa shape index (κ2) is 9.91. The van der Waals surface area contributed by atoms with Gasteiger partial charge in [-0.1, -0.05) is 42.5 Å². The standard InChI is InChI=1S/C27H24FN5O3/c1-17-24(26(34)32-21-8-4-6-10-23(21)35-2)25(33-27(31-17)29-16-30-33)20-7-3-5-9-22(20)36-15-18-11-13-19(28)14-12-18/h3-14,16,25H,15H2,1-2H3,(H,32,34)(H,29,30,31)/t25-/m1/s1. The van der Waals surface area contributed by atoms with Crippen LogP contribution in [0.25, 0.3) is 0 Å². The van der Waals surface area contributed by atoms with E-state index < -0.39 is 6.04 Å². The first-order valence-corrected chi connectivity index (χ1v) is 11.3. The van der Waals surface area contributed by atoms with Crippen molar-refractivity contribution in [3.8, 4) is 11.5 Å². The molecule has 3 aromatic carbocycles. The number of methoxy groups -OCH3 is 1. The van der Waals surface area contributed by atoms with Crippen LogP contribution in [0.2, 0.25) is 0 Å². The van der Waals surface area contributed by atoms with Gasteiger partial charge in [-0.05, 0) is 42.8 Å². The number of fused-ring (bicyclic) bond motifs is 1. The number of allylic oxidation sites excluding steroid dienone is 1. The van der Waals surface area contributed by atoms with Crippen LogP contribution in [0.4, 0.5) is 16.0 Å². The number of hydrogen-bond donors (Lipinski definition) is 2. The van der Waals surface area contributed by atoms with Crippen molar-refractivity contribution in [3.63, 3.8) is 0 Å². The maximum Gasteiger partial charge on any atom is 0.255 e. The van der Waals surface area contributed by atoms with Crippen molar-refractivity contribution in [2.24, 2.45) is 0 Å². The highest BCUT2D eigenvalue weighted by Crippen LogP contribution is 2.39. The molecule has 0 aliphatic carbocycles. The number of aromatic nitrogens is 3. The first-order chi connectivity index (χ1) is 17.5. The second-order valence-corrected chi connectivity index (χ2v) is 8.20. The molecule has 182 valence electrons. The van der Waals surface area contributed by atoms with Crippen molar-refractivity contribution >= 4 is 17.5 Å². The number of para-hydroxylation sites is 3. The van der Waals surface area contributed by atoms with Crippen molar-refractivity contribution in [2.75, 3.05) is 17.7 Å². The van der Waals surface area contributed by atoms with E-state index in [-0.39, 0.29) is 18.3 Å². The van der Waals surface area contributed by atoms with Gasteiger partial charge in [-0.3, -0.25) is 4.79 Å². The van der Waals surface area contributed by atoms with Gasteiger partial charge in [0.05, 0.1) is 18.4 Å². The minimum absolute atomic E-state index is 0.234. The van der Waals surface area contributed by atoms with Gasteiger partial charge in [0, 0.05) is 11.3 Å². The summed E-state index contributed by atoms with van der Waals surface area (Å²) in [6.45, 7) is 2.06. The van der Waals surface area contributed by atoms with E-state index in [4.69, 9.17) is 9.47 Å². The predicted molar refractivity (Wildman–Crippen MR) is 133 cm³/mol. The summed E-state index contributed by atoms with van der Waals surface area (Å²) in [5, 5.41) is 10.5. The normalized spacial score (nSPS) is 14.6. The van der Waals surface area contributed by atoms with Gasteiger partial charge in [0.2, 0.25) is 5.95 Å². The zero-order chi connectivity index (χ0) is 25.1. The summed E-state index contributed by atoms with van der Waals surface area (Å²) in [6, 6.07) is 20.2. The number of benzene rings is 3. The fourth-order valence-corrected chi connectivity index (χ4v) is 4.19. The Hall–Kier alpha value is -4.66. The molecular formula is C27H24FN5O3. The predicted octanol–water partition coefficient (Wildman–Crippen LogP) is 4.93. The molecule has 2 heterocycles. The summed E-state index contributed by atoms with van der Waals surface area (Å²) in [4.78, 5) is 18.0. The molecule has 0 spiro atoms. The largest absolute Gasteiger partial charge is 0.495 e.